The number of hydrogen-bond acceptors (Lipinski definition) is 6. The third-order valence-corrected chi connectivity index (χ3v) is 3.94. The van der Waals surface area contributed by atoms with E-state index in [2.05, 4.69) is 49.7 Å². The topological polar surface area (TPSA) is 106 Å². The lowest BCUT2D eigenvalue weighted by Gasteiger charge is -2.25. The van der Waals surface area contributed by atoms with Crippen LogP contribution in [0, 0.1) is 6.92 Å². The minimum Gasteiger partial charge on any atom is -0.352 e. The lowest BCUT2D eigenvalue weighted by atomic mass is 10.1. The summed E-state index contributed by atoms with van der Waals surface area (Å²) in [4.78, 5) is 13.0. The normalized spacial score (nSPS) is 17.2. The third-order valence-electron chi connectivity index (χ3n) is 3.94. The first-order valence-electron chi connectivity index (χ1n) is 8.25. The van der Waals surface area contributed by atoms with Crippen molar-refractivity contribution in [3.63, 3.8) is 0 Å². The van der Waals surface area contributed by atoms with Crippen LogP contribution in [0.3, 0.4) is 0 Å². The van der Waals surface area contributed by atoms with E-state index in [0.29, 0.717) is 24.2 Å². The predicted molar refractivity (Wildman–Crippen MR) is 104 cm³/mol. The van der Waals surface area contributed by atoms with Gasteiger partial charge in [0.15, 0.2) is 17.6 Å². The third kappa shape index (κ3) is 4.89. The van der Waals surface area contributed by atoms with Crippen LogP contribution in [-0.2, 0) is 19.5 Å². The number of halogens is 1. The standard InChI is InChI=1S/C15H24N8O.HI/c1-9(2)14-20-13-6-5-11(8-23(13)21-14)19-15(16-4)17-7-12-18-10(3)24-22-12;/h9,11H,5-8H2,1-4H3,(H2,16,17,19);1H. The lowest BCUT2D eigenvalue weighted by molar-refractivity contribution is 0.385. The van der Waals surface area contributed by atoms with Gasteiger partial charge in [0.2, 0.25) is 5.89 Å². The number of nitrogens with one attached hydrogen (secondary N) is 2. The summed E-state index contributed by atoms with van der Waals surface area (Å²) >= 11 is 0. The molecule has 0 aromatic carbocycles. The molecule has 0 amide bonds. The highest BCUT2D eigenvalue weighted by atomic mass is 127. The van der Waals surface area contributed by atoms with E-state index in [0.717, 1.165) is 37.0 Å². The van der Waals surface area contributed by atoms with Gasteiger partial charge >= 0.3 is 0 Å². The molecule has 9 nitrogen and oxygen atoms in total. The van der Waals surface area contributed by atoms with Gasteiger partial charge in [-0.15, -0.1) is 24.0 Å². The van der Waals surface area contributed by atoms with E-state index in [-0.39, 0.29) is 30.0 Å². The number of aromatic nitrogens is 5. The Morgan fingerprint density at radius 2 is 2.20 bits per heavy atom. The molecule has 1 aliphatic rings. The van der Waals surface area contributed by atoms with Gasteiger partial charge in [-0.1, -0.05) is 19.0 Å². The first-order chi connectivity index (χ1) is 11.5. The molecule has 3 heterocycles. The van der Waals surface area contributed by atoms with Crippen LogP contribution in [0.1, 0.15) is 49.6 Å². The van der Waals surface area contributed by atoms with E-state index in [1.165, 1.54) is 0 Å². The van der Waals surface area contributed by atoms with E-state index in [1.54, 1.807) is 14.0 Å². The van der Waals surface area contributed by atoms with E-state index >= 15 is 0 Å². The number of hydrogen-bond donors (Lipinski definition) is 2. The van der Waals surface area contributed by atoms with Crippen molar-refractivity contribution in [2.75, 3.05) is 7.05 Å². The molecule has 0 fully saturated rings. The maximum absolute atomic E-state index is 4.96. The van der Waals surface area contributed by atoms with Gasteiger partial charge < -0.3 is 15.2 Å². The predicted octanol–water partition coefficient (Wildman–Crippen LogP) is 1.39. The zero-order valence-corrected chi connectivity index (χ0v) is 17.3. The number of nitrogens with zero attached hydrogens (tertiary/aromatic N) is 6. The Balaban J connectivity index is 0.00000225. The zero-order valence-electron chi connectivity index (χ0n) is 15.0. The summed E-state index contributed by atoms with van der Waals surface area (Å²) in [6.45, 7) is 7.25. The largest absolute Gasteiger partial charge is 0.352 e. The van der Waals surface area contributed by atoms with Crippen molar-refractivity contribution in [3.8, 4) is 0 Å². The number of rotatable bonds is 4. The average Bonchev–Trinajstić information content (AvgIpc) is 3.17. The van der Waals surface area contributed by atoms with Crippen LogP contribution in [0.5, 0.6) is 0 Å². The summed E-state index contributed by atoms with van der Waals surface area (Å²) in [7, 11) is 1.75. The van der Waals surface area contributed by atoms with Crippen molar-refractivity contribution in [2.45, 2.75) is 58.7 Å². The SMILES string of the molecule is CN=C(NCc1noc(C)n1)NC1CCc2nc(C(C)C)nn2C1.I. The summed E-state index contributed by atoms with van der Waals surface area (Å²) in [6, 6.07) is 0.261. The Kier molecular flexibility index (Phi) is 6.73. The summed E-state index contributed by atoms with van der Waals surface area (Å²) < 4.78 is 6.97. The van der Waals surface area contributed by atoms with Crippen LogP contribution in [0.2, 0.25) is 0 Å². The van der Waals surface area contributed by atoms with Crippen LogP contribution in [-0.4, -0.2) is 44.0 Å². The van der Waals surface area contributed by atoms with Crippen molar-refractivity contribution in [1.29, 1.82) is 0 Å². The number of fused-ring (bicyclic) bond motifs is 1. The Labute approximate surface area is 164 Å². The van der Waals surface area contributed by atoms with Crippen LogP contribution < -0.4 is 10.6 Å². The number of guanidine groups is 1. The molecule has 0 radical (unpaired) electrons. The fourth-order valence-electron chi connectivity index (χ4n) is 2.65. The maximum Gasteiger partial charge on any atom is 0.223 e. The van der Waals surface area contributed by atoms with Gasteiger partial charge in [-0.2, -0.15) is 10.1 Å². The second-order valence-corrected chi connectivity index (χ2v) is 6.26. The number of aryl methyl sites for hydroxylation is 2. The van der Waals surface area contributed by atoms with Gasteiger partial charge in [0.05, 0.1) is 13.1 Å². The molecule has 3 rings (SSSR count). The Hall–Kier alpha value is -1.72. The molecule has 0 spiro atoms. The van der Waals surface area contributed by atoms with E-state index in [1.807, 2.05) is 4.68 Å². The summed E-state index contributed by atoms with van der Waals surface area (Å²) in [5, 5.41) is 15.1. The van der Waals surface area contributed by atoms with E-state index in [4.69, 9.17) is 4.52 Å². The van der Waals surface area contributed by atoms with Crippen molar-refractivity contribution in [3.05, 3.63) is 23.4 Å². The summed E-state index contributed by atoms with van der Waals surface area (Å²) in [5.41, 5.74) is 0. The molecule has 0 bridgehead atoms. The Morgan fingerprint density at radius 3 is 2.84 bits per heavy atom. The molecule has 2 aromatic rings. The smallest absolute Gasteiger partial charge is 0.223 e. The minimum absolute atomic E-state index is 0. The molecule has 0 aliphatic carbocycles. The summed E-state index contributed by atoms with van der Waals surface area (Å²) in [6.07, 6.45) is 1.91. The van der Waals surface area contributed by atoms with Crippen molar-refractivity contribution < 1.29 is 4.52 Å². The number of aliphatic imine (C=N–C) groups is 1. The quantitative estimate of drug-likeness (QED) is 0.404. The Bertz CT molecular complexity index is 723. The minimum atomic E-state index is 0. The average molecular weight is 460 g/mol. The molecule has 1 aliphatic heterocycles. The van der Waals surface area contributed by atoms with Gasteiger partial charge in [-0.25, -0.2) is 9.67 Å². The molecule has 0 saturated carbocycles. The molecule has 10 heteroatoms. The van der Waals surface area contributed by atoms with E-state index < -0.39 is 0 Å². The van der Waals surface area contributed by atoms with Crippen LogP contribution >= 0.6 is 24.0 Å². The van der Waals surface area contributed by atoms with Crippen molar-refractivity contribution in [1.82, 2.24) is 35.5 Å². The lowest BCUT2D eigenvalue weighted by Crippen LogP contribution is -2.46. The molecular weight excluding hydrogens is 435 g/mol. The van der Waals surface area contributed by atoms with Gasteiger partial charge in [-0.05, 0) is 6.42 Å². The molecule has 2 aromatic heterocycles. The molecule has 2 N–H and O–H groups in total. The Morgan fingerprint density at radius 1 is 1.40 bits per heavy atom. The fraction of sp³-hybridized carbons (Fsp3) is 0.667. The first-order valence-corrected chi connectivity index (χ1v) is 8.25. The summed E-state index contributed by atoms with van der Waals surface area (Å²) in [5.74, 6) is 4.22. The van der Waals surface area contributed by atoms with Crippen molar-refractivity contribution >= 4 is 29.9 Å². The van der Waals surface area contributed by atoms with Gasteiger partial charge in [0.1, 0.15) is 5.82 Å². The molecule has 0 saturated heterocycles. The van der Waals surface area contributed by atoms with Gasteiger partial charge in [-0.3, -0.25) is 4.99 Å². The van der Waals surface area contributed by atoms with Gasteiger partial charge in [0, 0.05) is 32.4 Å². The molecule has 1 atom stereocenters. The highest BCUT2D eigenvalue weighted by Gasteiger charge is 2.23. The molecule has 1 unspecified atom stereocenters. The highest BCUT2D eigenvalue weighted by Crippen LogP contribution is 2.16. The second kappa shape index (κ2) is 8.59. The molecule has 138 valence electrons. The van der Waals surface area contributed by atoms with Crippen LogP contribution in [0.25, 0.3) is 0 Å². The van der Waals surface area contributed by atoms with Gasteiger partial charge in [0.25, 0.3) is 0 Å². The first kappa shape index (κ1) is 19.6. The maximum atomic E-state index is 4.96. The van der Waals surface area contributed by atoms with Crippen LogP contribution in [0.4, 0.5) is 0 Å². The van der Waals surface area contributed by atoms with Crippen LogP contribution in [0.15, 0.2) is 9.52 Å². The zero-order chi connectivity index (χ0) is 17.1. The fourth-order valence-corrected chi connectivity index (χ4v) is 2.65. The molecule has 25 heavy (non-hydrogen) atoms. The van der Waals surface area contributed by atoms with E-state index in [9.17, 15) is 0 Å². The highest BCUT2D eigenvalue weighted by molar-refractivity contribution is 14.0. The monoisotopic (exact) mass is 460 g/mol. The molecular formula is C15H25IN8O. The second-order valence-electron chi connectivity index (χ2n) is 6.26. The van der Waals surface area contributed by atoms with Crippen molar-refractivity contribution in [2.24, 2.45) is 4.99 Å².